The topological polar surface area (TPSA) is 21.3 Å². The van der Waals surface area contributed by atoms with Gasteiger partial charge in [0.2, 0.25) is 0 Å². The van der Waals surface area contributed by atoms with Crippen LogP contribution in [0.5, 0.6) is 0 Å². The molecule has 96 valence electrons. The zero-order valence-electron chi connectivity index (χ0n) is 11.5. The van der Waals surface area contributed by atoms with Crippen LogP contribution in [0.15, 0.2) is 24.3 Å². The summed E-state index contributed by atoms with van der Waals surface area (Å²) in [5, 5.41) is 3.47. The molecule has 1 aromatic carbocycles. The lowest BCUT2D eigenvalue weighted by Gasteiger charge is -2.22. The third kappa shape index (κ3) is 5.33. The van der Waals surface area contributed by atoms with E-state index in [-0.39, 0.29) is 5.60 Å². The first-order chi connectivity index (χ1) is 8.05. The van der Waals surface area contributed by atoms with Gasteiger partial charge in [-0.1, -0.05) is 24.3 Å². The number of rotatable bonds is 7. The molecule has 1 aromatic rings. The second-order valence-corrected chi connectivity index (χ2v) is 5.14. The van der Waals surface area contributed by atoms with E-state index in [4.69, 9.17) is 4.74 Å². The van der Waals surface area contributed by atoms with Crippen LogP contribution < -0.4 is 5.32 Å². The number of nitrogens with one attached hydrogen (secondary N) is 1. The molecule has 0 heterocycles. The van der Waals surface area contributed by atoms with Crippen LogP contribution in [0.4, 0.5) is 0 Å². The molecule has 17 heavy (non-hydrogen) atoms. The van der Waals surface area contributed by atoms with E-state index in [0.717, 1.165) is 25.9 Å². The highest BCUT2D eigenvalue weighted by Crippen LogP contribution is 2.11. The first-order valence-electron chi connectivity index (χ1n) is 6.35. The average Bonchev–Trinajstić information content (AvgIpc) is 2.31. The Kier molecular flexibility index (Phi) is 5.66. The minimum absolute atomic E-state index is 0.0182. The Labute approximate surface area is 105 Å². The van der Waals surface area contributed by atoms with Crippen molar-refractivity contribution in [1.29, 1.82) is 0 Å². The van der Waals surface area contributed by atoms with Crippen LogP contribution in [-0.2, 0) is 11.2 Å². The zero-order chi connectivity index (χ0) is 12.7. The summed E-state index contributed by atoms with van der Waals surface area (Å²) in [6.45, 7) is 8.45. The fourth-order valence-electron chi connectivity index (χ4n) is 1.73. The highest BCUT2D eigenvalue weighted by atomic mass is 16.5. The minimum atomic E-state index is -0.0182. The Morgan fingerprint density at radius 2 is 1.88 bits per heavy atom. The summed E-state index contributed by atoms with van der Waals surface area (Å²) in [6, 6.07) is 8.57. The molecule has 0 aliphatic heterocycles. The van der Waals surface area contributed by atoms with Crippen LogP contribution in [0.25, 0.3) is 0 Å². The van der Waals surface area contributed by atoms with Crippen molar-refractivity contribution in [2.45, 2.75) is 39.2 Å². The molecule has 0 saturated heterocycles. The second-order valence-electron chi connectivity index (χ2n) is 5.14. The van der Waals surface area contributed by atoms with E-state index in [1.54, 1.807) is 7.11 Å². The number of ether oxygens (including phenoxy) is 1. The summed E-state index contributed by atoms with van der Waals surface area (Å²) in [4.78, 5) is 0. The molecule has 2 nitrogen and oxygen atoms in total. The molecule has 2 heteroatoms. The maximum Gasteiger partial charge on any atom is 0.0634 e. The molecule has 1 N–H and O–H groups in total. The molecule has 1 rings (SSSR count). The number of methoxy groups -OCH3 is 1. The molecule has 0 aliphatic carbocycles. The standard InChI is InChI=1S/C15H25NO/c1-13-7-5-6-8-14(13)9-11-16-12-10-15(2,3)17-4/h5-8,16H,9-12H2,1-4H3. The van der Waals surface area contributed by atoms with Gasteiger partial charge >= 0.3 is 0 Å². The summed E-state index contributed by atoms with van der Waals surface area (Å²) in [5.74, 6) is 0. The monoisotopic (exact) mass is 235 g/mol. The number of benzene rings is 1. The Bertz CT molecular complexity index is 333. The van der Waals surface area contributed by atoms with Crippen LogP contribution >= 0.6 is 0 Å². The largest absolute Gasteiger partial charge is 0.379 e. The minimum Gasteiger partial charge on any atom is -0.379 e. The summed E-state index contributed by atoms with van der Waals surface area (Å²) in [5.41, 5.74) is 2.80. The molecular weight excluding hydrogens is 210 g/mol. The summed E-state index contributed by atoms with van der Waals surface area (Å²) >= 11 is 0. The summed E-state index contributed by atoms with van der Waals surface area (Å²) < 4.78 is 5.38. The van der Waals surface area contributed by atoms with Gasteiger partial charge in [-0.25, -0.2) is 0 Å². The van der Waals surface area contributed by atoms with E-state index < -0.39 is 0 Å². The summed E-state index contributed by atoms with van der Waals surface area (Å²) in [7, 11) is 1.77. The Hall–Kier alpha value is -0.860. The molecular formula is C15H25NO. The van der Waals surface area contributed by atoms with Crippen molar-refractivity contribution >= 4 is 0 Å². The molecule has 0 bridgehead atoms. The highest BCUT2D eigenvalue weighted by molar-refractivity contribution is 5.25. The van der Waals surface area contributed by atoms with E-state index in [2.05, 4.69) is 50.4 Å². The van der Waals surface area contributed by atoms with Gasteiger partial charge < -0.3 is 10.1 Å². The Balaban J connectivity index is 2.19. The normalized spacial score (nSPS) is 11.8. The van der Waals surface area contributed by atoms with Crippen molar-refractivity contribution < 1.29 is 4.74 Å². The third-order valence-electron chi connectivity index (χ3n) is 3.29. The van der Waals surface area contributed by atoms with Gasteiger partial charge in [-0.05, 0) is 57.8 Å². The lowest BCUT2D eigenvalue weighted by Crippen LogP contribution is -2.29. The highest BCUT2D eigenvalue weighted by Gasteiger charge is 2.14. The summed E-state index contributed by atoms with van der Waals surface area (Å²) in [6.07, 6.45) is 2.14. The fourth-order valence-corrected chi connectivity index (χ4v) is 1.73. The van der Waals surface area contributed by atoms with Crippen molar-refractivity contribution in [2.24, 2.45) is 0 Å². The van der Waals surface area contributed by atoms with Crippen LogP contribution in [0.3, 0.4) is 0 Å². The van der Waals surface area contributed by atoms with Crippen molar-refractivity contribution in [2.75, 3.05) is 20.2 Å². The molecule has 0 radical (unpaired) electrons. The van der Waals surface area contributed by atoms with Gasteiger partial charge in [0.05, 0.1) is 5.60 Å². The first kappa shape index (κ1) is 14.2. The van der Waals surface area contributed by atoms with E-state index >= 15 is 0 Å². The molecule has 0 aliphatic rings. The molecule has 0 amide bonds. The van der Waals surface area contributed by atoms with Crippen molar-refractivity contribution in [3.05, 3.63) is 35.4 Å². The smallest absolute Gasteiger partial charge is 0.0634 e. The number of hydrogen-bond donors (Lipinski definition) is 1. The van der Waals surface area contributed by atoms with E-state index in [1.165, 1.54) is 11.1 Å². The van der Waals surface area contributed by atoms with Crippen LogP contribution in [0.1, 0.15) is 31.4 Å². The van der Waals surface area contributed by atoms with Crippen LogP contribution in [0.2, 0.25) is 0 Å². The van der Waals surface area contributed by atoms with E-state index in [1.807, 2.05) is 0 Å². The predicted molar refractivity (Wildman–Crippen MR) is 73.5 cm³/mol. The van der Waals surface area contributed by atoms with Gasteiger partial charge in [-0.15, -0.1) is 0 Å². The maximum absolute atomic E-state index is 5.38. The van der Waals surface area contributed by atoms with Gasteiger partial charge in [-0.3, -0.25) is 0 Å². The van der Waals surface area contributed by atoms with Crippen molar-refractivity contribution in [3.8, 4) is 0 Å². The van der Waals surface area contributed by atoms with Gasteiger partial charge in [0.25, 0.3) is 0 Å². The lowest BCUT2D eigenvalue weighted by atomic mass is 10.0. The molecule has 0 unspecified atom stereocenters. The predicted octanol–water partition coefficient (Wildman–Crippen LogP) is 2.94. The molecule has 0 saturated carbocycles. The van der Waals surface area contributed by atoms with E-state index in [0.29, 0.717) is 0 Å². The second kappa shape index (κ2) is 6.77. The van der Waals surface area contributed by atoms with E-state index in [9.17, 15) is 0 Å². The quantitative estimate of drug-likeness (QED) is 0.734. The number of aryl methyl sites for hydroxylation is 1. The Morgan fingerprint density at radius 1 is 1.18 bits per heavy atom. The SMILES string of the molecule is COC(C)(C)CCNCCc1ccccc1C. The molecule has 0 fully saturated rings. The fraction of sp³-hybridized carbons (Fsp3) is 0.600. The van der Waals surface area contributed by atoms with Crippen LogP contribution in [0, 0.1) is 6.92 Å². The zero-order valence-corrected chi connectivity index (χ0v) is 11.5. The van der Waals surface area contributed by atoms with Crippen molar-refractivity contribution in [3.63, 3.8) is 0 Å². The third-order valence-corrected chi connectivity index (χ3v) is 3.29. The van der Waals surface area contributed by atoms with Gasteiger partial charge in [0.15, 0.2) is 0 Å². The van der Waals surface area contributed by atoms with Crippen molar-refractivity contribution in [1.82, 2.24) is 5.32 Å². The number of hydrogen-bond acceptors (Lipinski definition) is 2. The molecule has 0 aromatic heterocycles. The molecule has 0 atom stereocenters. The van der Waals surface area contributed by atoms with Gasteiger partial charge in [0, 0.05) is 7.11 Å². The van der Waals surface area contributed by atoms with Gasteiger partial charge in [0.1, 0.15) is 0 Å². The lowest BCUT2D eigenvalue weighted by molar-refractivity contribution is 0.0159. The maximum atomic E-state index is 5.38. The van der Waals surface area contributed by atoms with Crippen LogP contribution in [-0.4, -0.2) is 25.8 Å². The van der Waals surface area contributed by atoms with Gasteiger partial charge in [-0.2, -0.15) is 0 Å². The Morgan fingerprint density at radius 3 is 2.53 bits per heavy atom. The average molecular weight is 235 g/mol. The first-order valence-corrected chi connectivity index (χ1v) is 6.35. The molecule has 0 spiro atoms.